The van der Waals surface area contributed by atoms with Crippen molar-refractivity contribution in [1.82, 2.24) is 13.7 Å². The van der Waals surface area contributed by atoms with Gasteiger partial charge >= 0.3 is 0 Å². The molecule has 3 heterocycles. The smallest absolute Gasteiger partial charge is 0.0542 e. The average molecular weight is 706 g/mol. The summed E-state index contributed by atoms with van der Waals surface area (Å²) in [4.78, 5) is 0. The monoisotopic (exact) mass is 705 g/mol. The van der Waals surface area contributed by atoms with Crippen molar-refractivity contribution in [2.45, 2.75) is 26.2 Å². The molecular formula is C52H39N3. The summed E-state index contributed by atoms with van der Waals surface area (Å²) in [6.07, 6.45) is 3.56. The van der Waals surface area contributed by atoms with Gasteiger partial charge in [-0.05, 0) is 114 Å². The van der Waals surface area contributed by atoms with Crippen molar-refractivity contribution in [1.29, 1.82) is 0 Å². The van der Waals surface area contributed by atoms with Crippen molar-refractivity contribution in [2.24, 2.45) is 0 Å². The van der Waals surface area contributed by atoms with E-state index in [1.54, 1.807) is 0 Å². The molecule has 0 amide bonds. The highest BCUT2D eigenvalue weighted by Gasteiger charge is 2.18. The Morgan fingerprint density at radius 1 is 0.327 bits per heavy atom. The van der Waals surface area contributed by atoms with Crippen LogP contribution in [0, 0.1) is 0 Å². The van der Waals surface area contributed by atoms with Crippen LogP contribution in [0.3, 0.4) is 0 Å². The summed E-state index contributed by atoms with van der Waals surface area (Å²) in [5, 5.41) is 7.56. The van der Waals surface area contributed by atoms with Crippen molar-refractivity contribution in [3.05, 3.63) is 188 Å². The van der Waals surface area contributed by atoms with Gasteiger partial charge in [0.05, 0.1) is 33.1 Å². The lowest BCUT2D eigenvalue weighted by molar-refractivity contribution is 0.795. The lowest BCUT2D eigenvalue weighted by Crippen LogP contribution is -1.96. The zero-order chi connectivity index (χ0) is 36.5. The molecule has 0 N–H and O–H groups in total. The molecule has 3 nitrogen and oxygen atoms in total. The van der Waals surface area contributed by atoms with Crippen molar-refractivity contribution in [3.63, 3.8) is 0 Å². The standard InChI is InChI=1S/C52H39N3/c1-2-3-13-35-22-26-39(27-23-35)54-48-20-11-9-18-43(48)46-34-40(28-31-52(46)54)55-49-21-12-8-17-42(49)45-33-37(25-30-51(45)55)36-24-29-50-44(32-36)41-16-7-10-19-47(41)53(50)38-14-5-4-6-15-38/h4-12,14-34H,2-3,13H2,1H3. The normalized spacial score (nSPS) is 11.9. The van der Waals surface area contributed by atoms with E-state index in [4.69, 9.17) is 0 Å². The van der Waals surface area contributed by atoms with Crippen LogP contribution < -0.4 is 0 Å². The zero-order valence-corrected chi connectivity index (χ0v) is 30.8. The molecule has 0 saturated heterocycles. The van der Waals surface area contributed by atoms with E-state index in [1.807, 2.05) is 0 Å². The Labute approximate surface area is 319 Å². The maximum atomic E-state index is 2.44. The molecule has 0 aliphatic rings. The minimum absolute atomic E-state index is 1.13. The molecule has 0 unspecified atom stereocenters. The van der Waals surface area contributed by atoms with Crippen LogP contribution in [0.25, 0.3) is 93.6 Å². The lowest BCUT2D eigenvalue weighted by Gasteiger charge is -2.11. The summed E-state index contributed by atoms with van der Waals surface area (Å²) in [7, 11) is 0. The first kappa shape index (κ1) is 31.7. The molecule has 0 fully saturated rings. The summed E-state index contributed by atoms with van der Waals surface area (Å²) >= 11 is 0. The van der Waals surface area contributed by atoms with E-state index in [-0.39, 0.29) is 0 Å². The van der Waals surface area contributed by atoms with Crippen LogP contribution in [0.2, 0.25) is 0 Å². The molecule has 8 aromatic carbocycles. The van der Waals surface area contributed by atoms with Crippen molar-refractivity contribution in [2.75, 3.05) is 0 Å². The topological polar surface area (TPSA) is 14.8 Å². The van der Waals surface area contributed by atoms with Crippen LogP contribution in [0.1, 0.15) is 25.3 Å². The average Bonchev–Trinajstić information content (AvgIpc) is 3.88. The van der Waals surface area contributed by atoms with Crippen molar-refractivity contribution >= 4 is 65.4 Å². The highest BCUT2D eigenvalue weighted by Crippen LogP contribution is 2.40. The van der Waals surface area contributed by atoms with Crippen LogP contribution in [0.5, 0.6) is 0 Å². The van der Waals surface area contributed by atoms with Gasteiger partial charge in [0.2, 0.25) is 0 Å². The molecule has 0 spiro atoms. The molecule has 0 bridgehead atoms. The molecule has 3 heteroatoms. The Kier molecular flexibility index (Phi) is 7.28. The number of hydrogen-bond donors (Lipinski definition) is 0. The van der Waals surface area contributed by atoms with Gasteiger partial charge in [0.15, 0.2) is 0 Å². The van der Waals surface area contributed by atoms with E-state index in [0.29, 0.717) is 0 Å². The second kappa shape index (κ2) is 12.6. The summed E-state index contributed by atoms with van der Waals surface area (Å²) in [6, 6.07) is 67.2. The fraction of sp³-hybridized carbons (Fsp3) is 0.0769. The molecule has 0 aliphatic heterocycles. The summed E-state index contributed by atoms with van der Waals surface area (Å²) < 4.78 is 7.24. The summed E-state index contributed by atoms with van der Waals surface area (Å²) in [5.41, 5.74) is 14.7. The van der Waals surface area contributed by atoms with Gasteiger partial charge < -0.3 is 13.7 Å². The molecular weight excluding hydrogens is 667 g/mol. The van der Waals surface area contributed by atoms with Gasteiger partial charge in [-0.2, -0.15) is 0 Å². The first-order valence-corrected chi connectivity index (χ1v) is 19.5. The molecule has 0 aliphatic carbocycles. The lowest BCUT2D eigenvalue weighted by atomic mass is 10.0. The zero-order valence-electron chi connectivity index (χ0n) is 30.8. The van der Waals surface area contributed by atoms with Crippen molar-refractivity contribution < 1.29 is 0 Å². The van der Waals surface area contributed by atoms with Gasteiger partial charge in [0, 0.05) is 49.4 Å². The summed E-state index contributed by atoms with van der Waals surface area (Å²) in [5.74, 6) is 0. The number of hydrogen-bond acceptors (Lipinski definition) is 0. The third-order valence-electron chi connectivity index (χ3n) is 11.6. The predicted molar refractivity (Wildman–Crippen MR) is 234 cm³/mol. The van der Waals surface area contributed by atoms with E-state index in [9.17, 15) is 0 Å². The number of aromatic nitrogens is 3. The Morgan fingerprint density at radius 2 is 0.727 bits per heavy atom. The number of unbranched alkanes of at least 4 members (excludes halogenated alkanes) is 1. The molecule has 11 rings (SSSR count). The van der Waals surface area contributed by atoms with Gasteiger partial charge in [-0.25, -0.2) is 0 Å². The van der Waals surface area contributed by atoms with Crippen LogP contribution >= 0.6 is 0 Å². The number of fused-ring (bicyclic) bond motifs is 9. The third kappa shape index (κ3) is 4.97. The maximum Gasteiger partial charge on any atom is 0.0542 e. The Bertz CT molecular complexity index is 3230. The molecule has 3 aromatic heterocycles. The minimum Gasteiger partial charge on any atom is -0.309 e. The van der Waals surface area contributed by atoms with Crippen LogP contribution in [0.15, 0.2) is 182 Å². The Morgan fingerprint density at radius 3 is 1.25 bits per heavy atom. The fourth-order valence-electron chi connectivity index (χ4n) is 9.01. The first-order chi connectivity index (χ1) is 27.2. The second-order valence-corrected chi connectivity index (χ2v) is 14.8. The molecule has 0 atom stereocenters. The van der Waals surface area contributed by atoms with E-state index in [2.05, 4.69) is 203 Å². The second-order valence-electron chi connectivity index (χ2n) is 14.8. The van der Waals surface area contributed by atoms with Crippen LogP contribution in [-0.2, 0) is 6.42 Å². The molecule has 0 saturated carbocycles. The Hall–Kier alpha value is -6.84. The molecule has 0 radical (unpaired) electrons. The number of para-hydroxylation sites is 4. The largest absolute Gasteiger partial charge is 0.309 e. The highest BCUT2D eigenvalue weighted by atomic mass is 15.0. The number of rotatable bonds is 7. The summed E-state index contributed by atoms with van der Waals surface area (Å²) in [6.45, 7) is 2.26. The van der Waals surface area contributed by atoms with E-state index >= 15 is 0 Å². The first-order valence-electron chi connectivity index (χ1n) is 19.5. The minimum atomic E-state index is 1.13. The van der Waals surface area contributed by atoms with Gasteiger partial charge in [-0.3, -0.25) is 0 Å². The fourth-order valence-corrected chi connectivity index (χ4v) is 9.01. The van der Waals surface area contributed by atoms with E-state index < -0.39 is 0 Å². The third-order valence-corrected chi connectivity index (χ3v) is 11.6. The van der Waals surface area contributed by atoms with Crippen molar-refractivity contribution in [3.8, 4) is 28.2 Å². The van der Waals surface area contributed by atoms with Crippen LogP contribution in [-0.4, -0.2) is 13.7 Å². The van der Waals surface area contributed by atoms with Gasteiger partial charge in [0.1, 0.15) is 0 Å². The Balaban J connectivity index is 1.06. The van der Waals surface area contributed by atoms with Gasteiger partial charge in [-0.15, -0.1) is 0 Å². The predicted octanol–water partition coefficient (Wildman–Crippen LogP) is 14.0. The molecule has 55 heavy (non-hydrogen) atoms. The molecule has 11 aromatic rings. The number of nitrogens with zero attached hydrogens (tertiary/aromatic N) is 3. The quantitative estimate of drug-likeness (QED) is 0.157. The van der Waals surface area contributed by atoms with Gasteiger partial charge in [0.25, 0.3) is 0 Å². The van der Waals surface area contributed by atoms with E-state index in [1.165, 1.54) is 112 Å². The molecule has 262 valence electrons. The van der Waals surface area contributed by atoms with Gasteiger partial charge in [-0.1, -0.05) is 110 Å². The highest BCUT2D eigenvalue weighted by molar-refractivity contribution is 6.14. The number of benzene rings is 8. The van der Waals surface area contributed by atoms with Crippen LogP contribution in [0.4, 0.5) is 0 Å². The maximum absolute atomic E-state index is 2.44. The number of aryl methyl sites for hydroxylation is 1. The van der Waals surface area contributed by atoms with E-state index in [0.717, 1.165) is 6.42 Å². The SMILES string of the molecule is CCCCc1ccc(-n2c3ccccc3c3cc(-n4c5ccccc5c5cc(-c6ccc7c(c6)c6ccccc6n7-c6ccccc6)ccc54)ccc32)cc1.